The average Bonchev–Trinajstić information content (AvgIpc) is 2.68. The summed E-state index contributed by atoms with van der Waals surface area (Å²) in [6, 6.07) is 8.40. The summed E-state index contributed by atoms with van der Waals surface area (Å²) in [6.45, 7) is 6.30. The second kappa shape index (κ2) is 10.3. The van der Waals surface area contributed by atoms with Crippen LogP contribution in [-0.4, -0.2) is 63.8 Å². The predicted octanol–water partition coefficient (Wildman–Crippen LogP) is 1.70. The Balaban J connectivity index is 2.02. The minimum atomic E-state index is -3.36. The van der Waals surface area contributed by atoms with Gasteiger partial charge in [0, 0.05) is 19.6 Å². The lowest BCUT2D eigenvalue weighted by atomic mass is 9.98. The number of sulfone groups is 1. The molecule has 1 heterocycles. The van der Waals surface area contributed by atoms with Crippen LogP contribution < -0.4 is 5.32 Å². The molecule has 1 aromatic carbocycles. The Morgan fingerprint density at radius 1 is 1.30 bits per heavy atom. The van der Waals surface area contributed by atoms with Crippen LogP contribution in [0.3, 0.4) is 0 Å². The van der Waals surface area contributed by atoms with Crippen molar-refractivity contribution in [3.05, 3.63) is 30.3 Å². The summed E-state index contributed by atoms with van der Waals surface area (Å²) in [5.74, 6) is 0.246. The van der Waals surface area contributed by atoms with Crippen LogP contribution in [0.1, 0.15) is 26.7 Å². The second-order valence-corrected chi connectivity index (χ2v) is 8.51. The largest absolute Gasteiger partial charge is 0.466 e. The maximum Gasteiger partial charge on any atom is 0.310 e. The molecule has 1 atom stereocenters. The number of nitrogens with one attached hydrogen (secondary N) is 1. The molecule has 27 heavy (non-hydrogen) atoms. The number of nitrogens with zero attached hydrogens (tertiary/aromatic N) is 2. The number of carbonyl (C=O) groups excluding carboxylic acids is 1. The Morgan fingerprint density at radius 3 is 2.70 bits per heavy atom. The zero-order chi connectivity index (χ0) is 19.7. The van der Waals surface area contributed by atoms with E-state index in [0.29, 0.717) is 30.6 Å². The molecule has 0 aliphatic carbocycles. The molecule has 0 aromatic heterocycles. The summed E-state index contributed by atoms with van der Waals surface area (Å²) < 4.78 is 29.9. The van der Waals surface area contributed by atoms with Crippen molar-refractivity contribution in [2.24, 2.45) is 10.9 Å². The molecule has 1 fully saturated rings. The number of aliphatic imine (C=N–C) groups is 1. The van der Waals surface area contributed by atoms with Crippen LogP contribution in [0.4, 0.5) is 0 Å². The summed E-state index contributed by atoms with van der Waals surface area (Å²) >= 11 is 0. The van der Waals surface area contributed by atoms with Gasteiger partial charge < -0.3 is 15.0 Å². The van der Waals surface area contributed by atoms with Crippen LogP contribution in [0.2, 0.25) is 0 Å². The van der Waals surface area contributed by atoms with Crippen LogP contribution in [0.25, 0.3) is 0 Å². The zero-order valence-electron chi connectivity index (χ0n) is 16.1. The van der Waals surface area contributed by atoms with Crippen LogP contribution in [0, 0.1) is 5.92 Å². The quantitative estimate of drug-likeness (QED) is 0.429. The number of benzene rings is 1. The van der Waals surface area contributed by atoms with E-state index in [1.54, 1.807) is 37.3 Å². The third kappa shape index (κ3) is 6.23. The van der Waals surface area contributed by atoms with E-state index in [1.807, 2.05) is 11.8 Å². The van der Waals surface area contributed by atoms with Gasteiger partial charge in [-0.15, -0.1) is 0 Å². The van der Waals surface area contributed by atoms with Crippen molar-refractivity contribution in [1.82, 2.24) is 10.2 Å². The van der Waals surface area contributed by atoms with Crippen molar-refractivity contribution < 1.29 is 17.9 Å². The van der Waals surface area contributed by atoms with E-state index in [0.717, 1.165) is 19.4 Å². The summed E-state index contributed by atoms with van der Waals surface area (Å²) in [4.78, 5) is 18.9. The fraction of sp³-hybridized carbons (Fsp3) is 0.579. The summed E-state index contributed by atoms with van der Waals surface area (Å²) in [5, 5.41) is 3.20. The van der Waals surface area contributed by atoms with Crippen molar-refractivity contribution in [3.8, 4) is 0 Å². The van der Waals surface area contributed by atoms with Gasteiger partial charge in [0.2, 0.25) is 0 Å². The van der Waals surface area contributed by atoms with Gasteiger partial charge in [0.25, 0.3) is 0 Å². The lowest BCUT2D eigenvalue weighted by Gasteiger charge is -2.34. The number of piperidine rings is 1. The second-order valence-electron chi connectivity index (χ2n) is 6.40. The monoisotopic (exact) mass is 395 g/mol. The molecular formula is C19H29N3O4S. The predicted molar refractivity (Wildman–Crippen MR) is 105 cm³/mol. The number of ether oxygens (including phenoxy) is 1. The third-order valence-electron chi connectivity index (χ3n) is 4.40. The average molecular weight is 396 g/mol. The molecule has 0 spiro atoms. The number of esters is 1. The van der Waals surface area contributed by atoms with E-state index in [1.165, 1.54) is 0 Å². The number of carbonyl (C=O) groups is 1. The smallest absolute Gasteiger partial charge is 0.310 e. The van der Waals surface area contributed by atoms with Gasteiger partial charge in [-0.25, -0.2) is 8.42 Å². The fourth-order valence-electron chi connectivity index (χ4n) is 3.07. The first-order chi connectivity index (χ1) is 13.0. The van der Waals surface area contributed by atoms with Gasteiger partial charge >= 0.3 is 5.97 Å². The minimum Gasteiger partial charge on any atom is -0.466 e. The Morgan fingerprint density at radius 2 is 2.04 bits per heavy atom. The van der Waals surface area contributed by atoms with Crippen LogP contribution in [-0.2, 0) is 19.4 Å². The summed E-state index contributed by atoms with van der Waals surface area (Å²) in [7, 11) is -3.36. The van der Waals surface area contributed by atoms with Crippen molar-refractivity contribution in [1.29, 1.82) is 0 Å². The van der Waals surface area contributed by atoms with Gasteiger partial charge in [0.05, 0.1) is 29.7 Å². The third-order valence-corrected chi connectivity index (χ3v) is 6.11. The van der Waals surface area contributed by atoms with E-state index in [2.05, 4.69) is 10.3 Å². The molecule has 150 valence electrons. The molecule has 0 radical (unpaired) electrons. The molecule has 1 aliphatic rings. The number of hydrogen-bond acceptors (Lipinski definition) is 5. The van der Waals surface area contributed by atoms with Gasteiger partial charge in [0.1, 0.15) is 0 Å². The number of likely N-dealkylation sites (tertiary alicyclic amines) is 1. The van der Waals surface area contributed by atoms with Gasteiger partial charge in [-0.05, 0) is 38.8 Å². The molecule has 1 aromatic rings. The summed E-state index contributed by atoms with van der Waals surface area (Å²) in [6.07, 6.45) is 1.67. The van der Waals surface area contributed by atoms with Crippen molar-refractivity contribution >= 4 is 21.8 Å². The van der Waals surface area contributed by atoms with Crippen molar-refractivity contribution in [2.45, 2.75) is 31.6 Å². The van der Waals surface area contributed by atoms with Crippen molar-refractivity contribution in [2.75, 3.05) is 38.5 Å². The zero-order valence-corrected chi connectivity index (χ0v) is 16.9. The molecule has 1 saturated heterocycles. The van der Waals surface area contributed by atoms with Gasteiger partial charge in [0.15, 0.2) is 15.8 Å². The molecule has 1 unspecified atom stereocenters. The molecule has 8 heteroatoms. The highest BCUT2D eigenvalue weighted by molar-refractivity contribution is 7.91. The Labute approximate surface area is 161 Å². The lowest BCUT2D eigenvalue weighted by molar-refractivity contribution is -0.149. The highest BCUT2D eigenvalue weighted by Gasteiger charge is 2.28. The molecule has 0 bridgehead atoms. The number of guanidine groups is 1. The van der Waals surface area contributed by atoms with E-state index >= 15 is 0 Å². The number of rotatable bonds is 7. The Hall–Kier alpha value is -2.09. The summed E-state index contributed by atoms with van der Waals surface area (Å²) in [5.41, 5.74) is 0. The van der Waals surface area contributed by atoms with E-state index in [4.69, 9.17) is 4.74 Å². The van der Waals surface area contributed by atoms with Crippen LogP contribution in [0.15, 0.2) is 40.2 Å². The minimum absolute atomic E-state index is 0.0545. The molecule has 1 N–H and O–H groups in total. The first-order valence-electron chi connectivity index (χ1n) is 9.45. The van der Waals surface area contributed by atoms with E-state index < -0.39 is 9.84 Å². The maximum absolute atomic E-state index is 12.4. The number of hydrogen-bond donors (Lipinski definition) is 1. The standard InChI is InChI=1S/C19H29N3O4S/c1-3-20-19(22-13-8-9-16(15-22)18(23)26-4-2)21-12-14-27(24,25)17-10-6-5-7-11-17/h5-7,10-11,16H,3-4,8-9,12-15H2,1-2H3,(H,20,21). The first kappa shape index (κ1) is 21.2. The Kier molecular flexibility index (Phi) is 8.09. The van der Waals surface area contributed by atoms with Crippen LogP contribution in [0.5, 0.6) is 0 Å². The normalized spacial score (nSPS) is 18.2. The lowest BCUT2D eigenvalue weighted by Crippen LogP contribution is -2.48. The van der Waals surface area contributed by atoms with Gasteiger partial charge in [-0.1, -0.05) is 18.2 Å². The van der Waals surface area contributed by atoms with Crippen LogP contribution >= 0.6 is 0 Å². The molecule has 0 saturated carbocycles. The van der Waals surface area contributed by atoms with E-state index in [-0.39, 0.29) is 24.2 Å². The SMILES string of the molecule is CCNC(=NCCS(=O)(=O)c1ccccc1)N1CCCC(C(=O)OCC)C1. The van der Waals surface area contributed by atoms with Gasteiger partial charge in [-0.2, -0.15) is 0 Å². The highest BCUT2D eigenvalue weighted by atomic mass is 32.2. The highest BCUT2D eigenvalue weighted by Crippen LogP contribution is 2.18. The fourth-order valence-corrected chi connectivity index (χ4v) is 4.20. The topological polar surface area (TPSA) is 88.1 Å². The van der Waals surface area contributed by atoms with E-state index in [9.17, 15) is 13.2 Å². The maximum atomic E-state index is 12.4. The molecule has 2 rings (SSSR count). The van der Waals surface area contributed by atoms with Crippen molar-refractivity contribution in [3.63, 3.8) is 0 Å². The molecule has 0 amide bonds. The molecular weight excluding hydrogens is 366 g/mol. The molecule has 1 aliphatic heterocycles. The first-order valence-corrected chi connectivity index (χ1v) is 11.1. The molecule has 7 nitrogen and oxygen atoms in total. The van der Waals surface area contributed by atoms with Gasteiger partial charge in [-0.3, -0.25) is 9.79 Å². The Bertz CT molecular complexity index is 735.